The first-order valence-electron chi connectivity index (χ1n) is 10.1. The van der Waals surface area contributed by atoms with Crippen molar-refractivity contribution in [1.82, 2.24) is 0 Å². The molecule has 3 aromatic carbocycles. The zero-order chi connectivity index (χ0) is 25.4. The number of ketones is 1. The van der Waals surface area contributed by atoms with E-state index in [1.54, 1.807) is 0 Å². The topological polar surface area (TPSA) is 76.1 Å². The minimum Gasteiger partial charge on any atom is -0.507 e. The number of amides is 1. The van der Waals surface area contributed by atoms with Gasteiger partial charge in [-0.3, -0.25) is 14.5 Å². The number of hydrogen-bond acceptors (Lipinski definition) is 5. The Morgan fingerprint density at radius 3 is 2.17 bits per heavy atom. The zero-order valence-corrected chi connectivity index (χ0v) is 19.1. The van der Waals surface area contributed by atoms with Crippen LogP contribution in [-0.2, 0) is 9.59 Å². The number of carbonyl (C=O) groups excluding carboxylic acids is 2. The molecule has 1 N–H and O–H groups in total. The van der Waals surface area contributed by atoms with Gasteiger partial charge in [0.1, 0.15) is 34.7 Å². The van der Waals surface area contributed by atoms with Crippen LogP contribution < -0.4 is 14.4 Å². The van der Waals surface area contributed by atoms with Crippen LogP contribution in [0.4, 0.5) is 18.9 Å². The molecule has 180 valence electrons. The van der Waals surface area contributed by atoms with Gasteiger partial charge < -0.3 is 14.6 Å². The van der Waals surface area contributed by atoms with Crippen LogP contribution in [0.2, 0.25) is 5.02 Å². The maximum Gasteiger partial charge on any atom is 0.300 e. The summed E-state index contributed by atoms with van der Waals surface area (Å²) in [6, 6.07) is 8.31. The second-order valence-corrected chi connectivity index (χ2v) is 7.91. The Morgan fingerprint density at radius 1 is 0.914 bits per heavy atom. The summed E-state index contributed by atoms with van der Waals surface area (Å²) < 4.78 is 52.8. The molecular weight excluding hydrogens is 487 g/mol. The van der Waals surface area contributed by atoms with E-state index in [9.17, 15) is 27.9 Å². The molecule has 0 radical (unpaired) electrons. The van der Waals surface area contributed by atoms with Crippen LogP contribution in [0.3, 0.4) is 0 Å². The summed E-state index contributed by atoms with van der Waals surface area (Å²) in [4.78, 5) is 27.0. The number of methoxy groups -OCH3 is 2. The second-order valence-electron chi connectivity index (χ2n) is 7.50. The van der Waals surface area contributed by atoms with Crippen molar-refractivity contribution in [2.45, 2.75) is 6.04 Å². The normalized spacial score (nSPS) is 17.1. The molecule has 0 bridgehead atoms. The van der Waals surface area contributed by atoms with Gasteiger partial charge in [-0.15, -0.1) is 0 Å². The van der Waals surface area contributed by atoms with Crippen LogP contribution in [0.25, 0.3) is 5.76 Å². The SMILES string of the molecule is COc1cc(/C(O)=C2\C(=O)C(=O)N(c3cc(F)ccc3F)C2c2ccc(F)cc2)c(OC)cc1Cl. The molecule has 4 rings (SSSR count). The number of halogens is 4. The molecule has 1 heterocycles. The van der Waals surface area contributed by atoms with E-state index in [0.717, 1.165) is 35.2 Å². The number of Topliss-reactive ketones (excluding diaryl/α,β-unsaturated/α-hetero) is 1. The number of rotatable bonds is 5. The molecular formula is C25H17ClF3NO5. The molecule has 0 saturated carbocycles. The molecule has 10 heteroatoms. The minimum atomic E-state index is -1.42. The zero-order valence-electron chi connectivity index (χ0n) is 18.3. The van der Waals surface area contributed by atoms with Crippen molar-refractivity contribution in [3.8, 4) is 11.5 Å². The average Bonchev–Trinajstić information content (AvgIpc) is 3.10. The van der Waals surface area contributed by atoms with E-state index in [0.29, 0.717) is 0 Å². The van der Waals surface area contributed by atoms with E-state index in [4.69, 9.17) is 21.1 Å². The summed E-state index contributed by atoms with van der Waals surface area (Å²) in [6.45, 7) is 0. The number of ether oxygens (including phenoxy) is 2. The predicted molar refractivity (Wildman–Crippen MR) is 122 cm³/mol. The van der Waals surface area contributed by atoms with Gasteiger partial charge in [0.05, 0.1) is 42.1 Å². The fourth-order valence-electron chi connectivity index (χ4n) is 3.90. The smallest absolute Gasteiger partial charge is 0.300 e. The van der Waals surface area contributed by atoms with Crippen LogP contribution in [0.1, 0.15) is 17.2 Å². The third kappa shape index (κ3) is 4.19. The van der Waals surface area contributed by atoms with E-state index in [-0.39, 0.29) is 27.6 Å². The van der Waals surface area contributed by atoms with Gasteiger partial charge >= 0.3 is 0 Å². The lowest BCUT2D eigenvalue weighted by molar-refractivity contribution is -0.132. The Hall–Kier alpha value is -3.98. The number of anilines is 1. The maximum absolute atomic E-state index is 14.7. The fourth-order valence-corrected chi connectivity index (χ4v) is 4.13. The standard InChI is InChI=1S/C25H17ClF3NO5/c1-34-19-11-16(26)20(35-2)10-15(19)23(31)21-22(12-3-5-13(27)6-4-12)30(25(33)24(21)32)18-9-14(28)7-8-17(18)29/h3-11,22,31H,1-2H3/b23-21+. The average molecular weight is 504 g/mol. The van der Waals surface area contributed by atoms with Crippen molar-refractivity contribution in [3.05, 3.63) is 93.8 Å². The number of hydrogen-bond donors (Lipinski definition) is 1. The highest BCUT2D eigenvalue weighted by Gasteiger charge is 2.48. The van der Waals surface area contributed by atoms with Crippen molar-refractivity contribution in [1.29, 1.82) is 0 Å². The molecule has 1 saturated heterocycles. The summed E-state index contributed by atoms with van der Waals surface area (Å²) in [5.41, 5.74) is -0.858. The number of aliphatic hydroxyl groups excluding tert-OH is 1. The van der Waals surface area contributed by atoms with E-state index in [1.165, 1.54) is 38.5 Å². The quantitative estimate of drug-likeness (QED) is 0.286. The molecule has 35 heavy (non-hydrogen) atoms. The van der Waals surface area contributed by atoms with Crippen molar-refractivity contribution in [2.24, 2.45) is 0 Å². The van der Waals surface area contributed by atoms with Crippen molar-refractivity contribution in [3.63, 3.8) is 0 Å². The van der Waals surface area contributed by atoms with E-state index < -0.39 is 52.2 Å². The highest BCUT2D eigenvalue weighted by Crippen LogP contribution is 2.45. The lowest BCUT2D eigenvalue weighted by atomic mass is 9.94. The lowest BCUT2D eigenvalue weighted by Gasteiger charge is -2.26. The van der Waals surface area contributed by atoms with Crippen LogP contribution >= 0.6 is 11.6 Å². The van der Waals surface area contributed by atoms with Crippen LogP contribution in [0.15, 0.2) is 60.2 Å². The van der Waals surface area contributed by atoms with E-state index in [1.807, 2.05) is 0 Å². The van der Waals surface area contributed by atoms with E-state index >= 15 is 0 Å². The van der Waals surface area contributed by atoms with Crippen molar-refractivity contribution >= 4 is 34.7 Å². The van der Waals surface area contributed by atoms with Crippen LogP contribution in [-0.4, -0.2) is 31.0 Å². The first-order valence-corrected chi connectivity index (χ1v) is 10.5. The molecule has 0 aliphatic carbocycles. The molecule has 1 unspecified atom stereocenters. The van der Waals surface area contributed by atoms with Gasteiger partial charge in [0.15, 0.2) is 0 Å². The molecule has 1 atom stereocenters. The van der Waals surface area contributed by atoms with Gasteiger partial charge in [-0.1, -0.05) is 23.7 Å². The van der Waals surface area contributed by atoms with Crippen LogP contribution in [0.5, 0.6) is 11.5 Å². The third-order valence-electron chi connectivity index (χ3n) is 5.53. The minimum absolute atomic E-state index is 0.0430. The Balaban J connectivity index is 2.03. The number of nitrogens with zero attached hydrogens (tertiary/aromatic N) is 1. The molecule has 0 spiro atoms. The molecule has 6 nitrogen and oxygen atoms in total. The summed E-state index contributed by atoms with van der Waals surface area (Å²) in [6.07, 6.45) is 0. The summed E-state index contributed by atoms with van der Waals surface area (Å²) in [5, 5.41) is 11.4. The second kappa shape index (κ2) is 9.34. The van der Waals surface area contributed by atoms with Gasteiger partial charge in [0.2, 0.25) is 0 Å². The Bertz CT molecular complexity index is 1370. The monoisotopic (exact) mass is 503 g/mol. The fraction of sp³-hybridized carbons (Fsp3) is 0.120. The summed E-state index contributed by atoms with van der Waals surface area (Å²) in [5.74, 6) is -5.32. The van der Waals surface area contributed by atoms with Crippen LogP contribution in [0, 0.1) is 17.5 Å². The Kier molecular flexibility index (Phi) is 6.45. The maximum atomic E-state index is 14.7. The molecule has 1 fully saturated rings. The van der Waals surface area contributed by atoms with Crippen molar-refractivity contribution in [2.75, 3.05) is 19.1 Å². The molecule has 1 aliphatic heterocycles. The largest absolute Gasteiger partial charge is 0.507 e. The Labute approximate surface area is 202 Å². The first kappa shape index (κ1) is 24.2. The summed E-state index contributed by atoms with van der Waals surface area (Å²) in [7, 11) is 2.63. The van der Waals surface area contributed by atoms with E-state index in [2.05, 4.69) is 0 Å². The predicted octanol–water partition coefficient (Wildman–Crippen LogP) is 5.40. The van der Waals surface area contributed by atoms with Gasteiger partial charge in [0.25, 0.3) is 11.7 Å². The third-order valence-corrected chi connectivity index (χ3v) is 5.82. The van der Waals surface area contributed by atoms with Gasteiger partial charge in [0, 0.05) is 12.1 Å². The van der Waals surface area contributed by atoms with Gasteiger partial charge in [-0.25, -0.2) is 13.2 Å². The number of aliphatic hydroxyl groups is 1. The number of carbonyl (C=O) groups is 2. The summed E-state index contributed by atoms with van der Waals surface area (Å²) >= 11 is 6.13. The lowest BCUT2D eigenvalue weighted by Crippen LogP contribution is -2.30. The highest BCUT2D eigenvalue weighted by atomic mass is 35.5. The van der Waals surface area contributed by atoms with Crippen molar-refractivity contribution < 1.29 is 37.3 Å². The number of benzene rings is 3. The van der Waals surface area contributed by atoms with Gasteiger partial charge in [-0.05, 0) is 35.9 Å². The van der Waals surface area contributed by atoms with Gasteiger partial charge in [-0.2, -0.15) is 0 Å². The molecule has 3 aromatic rings. The molecule has 1 amide bonds. The molecule has 1 aliphatic rings. The first-order chi connectivity index (χ1) is 16.7. The molecule has 0 aromatic heterocycles. The Morgan fingerprint density at radius 2 is 1.54 bits per heavy atom. The highest BCUT2D eigenvalue weighted by molar-refractivity contribution is 6.51.